The molecule has 112 valence electrons. The molecule has 0 saturated carbocycles. The van der Waals surface area contributed by atoms with Crippen LogP contribution in [0.2, 0.25) is 0 Å². The summed E-state index contributed by atoms with van der Waals surface area (Å²) in [7, 11) is 0. The molecule has 5 heteroatoms. The standard InChI is InChI=1S/C16H18ClO2PS/c1-11-5-7-15(9-13(11)3)18-20(17,21)19-16-8-6-12(2)14(4)10-16/h5-10H,1-4H3. The minimum atomic E-state index is -2.90. The topological polar surface area (TPSA) is 18.5 Å². The van der Waals surface area contributed by atoms with Crippen molar-refractivity contribution >= 4 is 28.9 Å². The van der Waals surface area contributed by atoms with E-state index < -0.39 is 5.84 Å². The molecule has 0 aromatic heterocycles. The van der Waals surface area contributed by atoms with Gasteiger partial charge in [-0.15, -0.1) is 0 Å². The van der Waals surface area contributed by atoms with E-state index in [0.717, 1.165) is 11.1 Å². The highest BCUT2D eigenvalue weighted by Crippen LogP contribution is 2.53. The van der Waals surface area contributed by atoms with E-state index in [-0.39, 0.29) is 0 Å². The molecule has 0 atom stereocenters. The Morgan fingerprint density at radius 3 is 1.48 bits per heavy atom. The predicted molar refractivity (Wildman–Crippen MR) is 93.2 cm³/mol. The molecule has 2 aromatic carbocycles. The van der Waals surface area contributed by atoms with E-state index in [1.807, 2.05) is 64.1 Å². The average molecular weight is 341 g/mol. The second kappa shape index (κ2) is 6.39. The van der Waals surface area contributed by atoms with Crippen LogP contribution in [0.15, 0.2) is 36.4 Å². The van der Waals surface area contributed by atoms with Crippen molar-refractivity contribution in [3.63, 3.8) is 0 Å². The van der Waals surface area contributed by atoms with Gasteiger partial charge in [-0.2, -0.15) is 0 Å². The molecule has 0 bridgehead atoms. The Morgan fingerprint density at radius 1 is 0.762 bits per heavy atom. The van der Waals surface area contributed by atoms with E-state index in [9.17, 15) is 0 Å². The maximum absolute atomic E-state index is 6.27. The van der Waals surface area contributed by atoms with Crippen LogP contribution >= 0.6 is 17.1 Å². The van der Waals surface area contributed by atoms with Crippen LogP contribution in [0.1, 0.15) is 22.3 Å². The lowest BCUT2D eigenvalue weighted by atomic mass is 10.1. The summed E-state index contributed by atoms with van der Waals surface area (Å²) in [6.45, 7) is 8.12. The summed E-state index contributed by atoms with van der Waals surface area (Å²) in [5.74, 6) is -1.62. The molecule has 0 spiro atoms. The number of aryl methyl sites for hydroxylation is 4. The summed E-state index contributed by atoms with van der Waals surface area (Å²) < 4.78 is 11.4. The Labute approximate surface area is 136 Å². The Bertz CT molecular complexity index is 658. The highest BCUT2D eigenvalue weighted by molar-refractivity contribution is 8.22. The van der Waals surface area contributed by atoms with Crippen LogP contribution in [-0.4, -0.2) is 0 Å². The molecule has 0 radical (unpaired) electrons. The Balaban J connectivity index is 2.15. The first-order valence-electron chi connectivity index (χ1n) is 6.60. The molecule has 0 aliphatic rings. The molecule has 0 saturated heterocycles. The van der Waals surface area contributed by atoms with Gasteiger partial charge in [0.05, 0.1) is 0 Å². The smallest absolute Gasteiger partial charge is 0.384 e. The number of rotatable bonds is 4. The first-order chi connectivity index (χ1) is 9.77. The molecule has 21 heavy (non-hydrogen) atoms. The second-order valence-electron chi connectivity index (χ2n) is 5.11. The third-order valence-electron chi connectivity index (χ3n) is 3.39. The van der Waals surface area contributed by atoms with Crippen molar-refractivity contribution in [1.82, 2.24) is 0 Å². The molecule has 0 fully saturated rings. The van der Waals surface area contributed by atoms with Gasteiger partial charge >= 0.3 is 5.84 Å². The number of hydrogen-bond acceptors (Lipinski definition) is 3. The molecule has 0 heterocycles. The van der Waals surface area contributed by atoms with E-state index in [0.29, 0.717) is 11.5 Å². The number of halogens is 1. The summed E-state index contributed by atoms with van der Waals surface area (Å²) in [5.41, 5.74) is 4.65. The van der Waals surface area contributed by atoms with Crippen molar-refractivity contribution in [2.75, 3.05) is 0 Å². The molecule has 0 amide bonds. The Kier molecular flexibility index (Phi) is 4.98. The van der Waals surface area contributed by atoms with E-state index in [2.05, 4.69) is 0 Å². The molecular weight excluding hydrogens is 323 g/mol. The molecule has 2 rings (SSSR count). The summed E-state index contributed by atoms with van der Waals surface area (Å²) in [6, 6.07) is 11.5. The van der Waals surface area contributed by atoms with Crippen molar-refractivity contribution in [2.45, 2.75) is 27.7 Å². The highest BCUT2D eigenvalue weighted by atomic mass is 35.7. The lowest BCUT2D eigenvalue weighted by Gasteiger charge is -2.18. The van der Waals surface area contributed by atoms with E-state index >= 15 is 0 Å². The molecule has 0 N–H and O–H groups in total. The number of benzene rings is 2. The normalized spacial score (nSPS) is 11.3. The fourth-order valence-electron chi connectivity index (χ4n) is 1.81. The highest BCUT2D eigenvalue weighted by Gasteiger charge is 2.19. The average Bonchev–Trinajstić information content (AvgIpc) is 2.37. The largest absolute Gasteiger partial charge is 0.425 e. The van der Waals surface area contributed by atoms with Crippen LogP contribution in [0.4, 0.5) is 0 Å². The first kappa shape index (κ1) is 16.4. The van der Waals surface area contributed by atoms with Gasteiger partial charge in [-0.1, -0.05) is 12.1 Å². The SMILES string of the molecule is Cc1ccc(OP(=S)(Cl)Oc2ccc(C)c(C)c2)cc1C. The molecule has 0 aliphatic carbocycles. The molecule has 0 unspecified atom stereocenters. The van der Waals surface area contributed by atoms with Gasteiger partial charge in [-0.3, -0.25) is 0 Å². The van der Waals surface area contributed by atoms with Crippen molar-refractivity contribution in [1.29, 1.82) is 0 Å². The number of hydrogen-bond donors (Lipinski definition) is 0. The van der Waals surface area contributed by atoms with Gasteiger partial charge in [0.2, 0.25) is 0 Å². The van der Waals surface area contributed by atoms with Crippen molar-refractivity contribution < 1.29 is 9.05 Å². The summed E-state index contributed by atoms with van der Waals surface area (Å²) in [5, 5.41) is 0. The van der Waals surface area contributed by atoms with Crippen LogP contribution in [0, 0.1) is 27.7 Å². The third kappa shape index (κ3) is 4.47. The third-order valence-corrected chi connectivity index (χ3v) is 5.10. The van der Waals surface area contributed by atoms with Crippen LogP contribution in [0.3, 0.4) is 0 Å². The summed E-state index contributed by atoms with van der Waals surface area (Å²) >= 11 is 11.6. The van der Waals surface area contributed by atoms with E-state index in [1.165, 1.54) is 11.1 Å². The van der Waals surface area contributed by atoms with Crippen LogP contribution < -0.4 is 9.05 Å². The van der Waals surface area contributed by atoms with Crippen LogP contribution in [0.25, 0.3) is 0 Å². The van der Waals surface area contributed by atoms with Gasteiger partial charge in [0.25, 0.3) is 0 Å². The van der Waals surface area contributed by atoms with Crippen molar-refractivity contribution in [3.05, 3.63) is 58.7 Å². The maximum Gasteiger partial charge on any atom is 0.384 e. The lowest BCUT2D eigenvalue weighted by Crippen LogP contribution is -1.96. The van der Waals surface area contributed by atoms with Gasteiger partial charge < -0.3 is 9.05 Å². The first-order valence-corrected chi connectivity index (χ1v) is 10.1. The molecule has 0 aliphatic heterocycles. The zero-order valence-electron chi connectivity index (χ0n) is 12.5. The molecule has 2 nitrogen and oxygen atoms in total. The monoisotopic (exact) mass is 340 g/mol. The quantitative estimate of drug-likeness (QED) is 0.651. The van der Waals surface area contributed by atoms with Gasteiger partial charge in [0.1, 0.15) is 11.5 Å². The van der Waals surface area contributed by atoms with Gasteiger partial charge in [0.15, 0.2) is 0 Å². The maximum atomic E-state index is 6.27. The van der Waals surface area contributed by atoms with E-state index in [4.69, 9.17) is 32.1 Å². The zero-order valence-corrected chi connectivity index (χ0v) is 15.0. The lowest BCUT2D eigenvalue weighted by molar-refractivity contribution is 0.504. The fraction of sp³-hybridized carbons (Fsp3) is 0.250. The Hall–Kier alpha value is -1.02. The minimum absolute atomic E-state index is 0.639. The van der Waals surface area contributed by atoms with Crippen molar-refractivity contribution in [3.8, 4) is 11.5 Å². The van der Waals surface area contributed by atoms with Gasteiger partial charge in [0, 0.05) is 11.8 Å². The van der Waals surface area contributed by atoms with Gasteiger partial charge in [-0.05, 0) is 85.5 Å². The molecule has 2 aromatic rings. The van der Waals surface area contributed by atoms with Gasteiger partial charge in [-0.25, -0.2) is 0 Å². The summed E-state index contributed by atoms with van der Waals surface area (Å²) in [4.78, 5) is 0. The second-order valence-corrected chi connectivity index (χ2v) is 9.71. The van der Waals surface area contributed by atoms with Crippen LogP contribution in [0.5, 0.6) is 11.5 Å². The molecular formula is C16H18ClO2PS. The Morgan fingerprint density at radius 2 is 1.14 bits per heavy atom. The van der Waals surface area contributed by atoms with Crippen molar-refractivity contribution in [2.24, 2.45) is 0 Å². The van der Waals surface area contributed by atoms with E-state index in [1.54, 1.807) is 0 Å². The minimum Gasteiger partial charge on any atom is -0.425 e. The predicted octanol–water partition coefficient (Wildman–Crippen LogP) is 5.84. The summed E-state index contributed by atoms with van der Waals surface area (Å²) in [6.07, 6.45) is 0. The fourth-order valence-corrected chi connectivity index (χ4v) is 3.57. The van der Waals surface area contributed by atoms with Crippen LogP contribution in [-0.2, 0) is 11.8 Å². The zero-order chi connectivity index (χ0) is 15.6.